The molecule has 6 heteroatoms. The molecule has 0 radical (unpaired) electrons. The third-order valence-electron chi connectivity index (χ3n) is 4.25. The Hall–Kier alpha value is -2.15. The maximum atomic E-state index is 6.07. The highest BCUT2D eigenvalue weighted by Gasteiger charge is 2.19. The molecule has 0 fully saturated rings. The average Bonchev–Trinajstić information content (AvgIpc) is 3.22. The Morgan fingerprint density at radius 1 is 1.18 bits per heavy atom. The molecule has 3 aromatic rings. The summed E-state index contributed by atoms with van der Waals surface area (Å²) < 4.78 is 11.9. The van der Waals surface area contributed by atoms with Crippen LogP contribution in [0, 0.1) is 13.8 Å². The quantitative estimate of drug-likeness (QED) is 0.293. The summed E-state index contributed by atoms with van der Waals surface area (Å²) in [7, 11) is 5.23. The molecule has 0 saturated heterocycles. The number of hydrogen-bond donors (Lipinski definition) is 1. The number of imidazole rings is 1. The number of hydrogen-bond acceptors (Lipinski definition) is 3. The molecule has 0 aliphatic heterocycles. The van der Waals surface area contributed by atoms with Gasteiger partial charge in [-0.05, 0) is 39.8 Å². The third-order valence-corrected chi connectivity index (χ3v) is 4.48. The van der Waals surface area contributed by atoms with Crippen LogP contribution in [0.15, 0.2) is 59.2 Å². The molecule has 146 valence electrons. The second-order valence-corrected chi connectivity index (χ2v) is 9.96. The molecular weight excluding hydrogens is 386 g/mol. The van der Waals surface area contributed by atoms with Crippen LogP contribution in [0.25, 0.3) is 28.4 Å². The lowest BCUT2D eigenvalue weighted by atomic mass is 10.1. The lowest BCUT2D eigenvalue weighted by molar-refractivity contribution is 0.188. The Morgan fingerprint density at radius 2 is 1.86 bits per heavy atom. The summed E-state index contributed by atoms with van der Waals surface area (Å²) in [6.45, 7) is 12.0. The number of allylic oxidation sites excluding steroid dienone is 2. The first-order valence-electron chi connectivity index (χ1n) is 9.04. The second kappa shape index (κ2) is 8.07. The highest BCUT2D eigenvalue weighted by atomic mass is 31.1. The minimum absolute atomic E-state index is 0.484. The Labute approximate surface area is 170 Å². The summed E-state index contributed by atoms with van der Waals surface area (Å²) in [5.41, 5.74) is 5.03. The highest BCUT2D eigenvalue weighted by Crippen LogP contribution is 2.36. The van der Waals surface area contributed by atoms with Crippen LogP contribution in [-0.4, -0.2) is 15.1 Å². The number of aryl methyl sites for hydroxylation is 2. The van der Waals surface area contributed by atoms with Crippen LogP contribution in [0.4, 0.5) is 0 Å². The number of aromatic amines is 1. The molecule has 2 aromatic heterocycles. The number of nitrogens with zero attached hydrogens (tertiary/aromatic N) is 1. The Bertz CT molecular complexity index is 1020. The molecule has 2 atom stereocenters. The summed E-state index contributed by atoms with van der Waals surface area (Å²) in [6.07, 6.45) is 1.93. The van der Waals surface area contributed by atoms with Gasteiger partial charge in [0.15, 0.2) is 11.6 Å². The smallest absolute Gasteiger partial charge is 0.174 e. The molecule has 0 aliphatic carbocycles. The minimum Gasteiger partial charge on any atom is -0.480 e. The van der Waals surface area contributed by atoms with Crippen molar-refractivity contribution in [2.75, 3.05) is 0 Å². The predicted molar refractivity (Wildman–Crippen MR) is 123 cm³/mol. The zero-order valence-corrected chi connectivity index (χ0v) is 19.0. The van der Waals surface area contributed by atoms with Gasteiger partial charge in [-0.3, -0.25) is 0 Å². The van der Waals surface area contributed by atoms with Crippen LogP contribution in [0.2, 0.25) is 0 Å². The van der Waals surface area contributed by atoms with Crippen LogP contribution in [0.1, 0.15) is 30.9 Å². The van der Waals surface area contributed by atoms with Crippen molar-refractivity contribution in [3.8, 4) is 22.8 Å². The van der Waals surface area contributed by atoms with E-state index < -0.39 is 5.08 Å². The van der Waals surface area contributed by atoms with E-state index in [1.54, 1.807) is 0 Å². The van der Waals surface area contributed by atoms with E-state index in [1.807, 2.05) is 39.0 Å². The first-order chi connectivity index (χ1) is 13.2. The van der Waals surface area contributed by atoms with Gasteiger partial charge in [0.2, 0.25) is 0 Å². The normalized spacial score (nSPS) is 12.3. The van der Waals surface area contributed by atoms with E-state index in [4.69, 9.17) is 14.1 Å². The van der Waals surface area contributed by atoms with E-state index in [0.29, 0.717) is 23.1 Å². The van der Waals surface area contributed by atoms with Gasteiger partial charge in [0, 0.05) is 11.3 Å². The number of benzene rings is 1. The Morgan fingerprint density at radius 3 is 2.46 bits per heavy atom. The van der Waals surface area contributed by atoms with E-state index in [0.717, 1.165) is 22.5 Å². The van der Waals surface area contributed by atoms with Gasteiger partial charge in [-0.25, -0.2) is 4.98 Å². The molecule has 1 N–H and O–H groups in total. The van der Waals surface area contributed by atoms with Crippen molar-refractivity contribution in [3.63, 3.8) is 0 Å². The number of furan rings is 1. The van der Waals surface area contributed by atoms with Crippen LogP contribution in [0.5, 0.6) is 0 Å². The van der Waals surface area contributed by atoms with Gasteiger partial charge in [0.05, 0.1) is 11.3 Å². The van der Waals surface area contributed by atoms with Gasteiger partial charge >= 0.3 is 0 Å². The number of aromatic nitrogens is 2. The van der Waals surface area contributed by atoms with Crippen molar-refractivity contribution in [2.45, 2.75) is 32.8 Å². The summed E-state index contributed by atoms with van der Waals surface area (Å²) in [5.74, 6) is 2.60. The standard InChI is InChI=1S/C22H26N2O2P2/c1-6-17(15(4)26-22(5,27)28)18-11-12-19(25-18)21-23-14(3)20(24-21)16-9-7-13(2)8-10-16/h6-12H,4,27-28H2,1-3,5H3,(H,23,24)/b17-6+. The summed E-state index contributed by atoms with van der Waals surface area (Å²) in [6, 6.07) is 12.2. The van der Waals surface area contributed by atoms with E-state index >= 15 is 0 Å². The first-order valence-corrected chi connectivity index (χ1v) is 10.2. The predicted octanol–water partition coefficient (Wildman–Crippen LogP) is 6.31. The summed E-state index contributed by atoms with van der Waals surface area (Å²) in [5, 5.41) is -0.484. The second-order valence-electron chi connectivity index (χ2n) is 7.00. The minimum atomic E-state index is -0.484. The van der Waals surface area contributed by atoms with E-state index in [9.17, 15) is 0 Å². The molecule has 2 unspecified atom stereocenters. The van der Waals surface area contributed by atoms with Crippen molar-refractivity contribution in [2.24, 2.45) is 0 Å². The molecule has 0 saturated carbocycles. The van der Waals surface area contributed by atoms with Crippen LogP contribution in [-0.2, 0) is 4.74 Å². The van der Waals surface area contributed by atoms with Gasteiger partial charge in [0.1, 0.15) is 16.6 Å². The van der Waals surface area contributed by atoms with Crippen molar-refractivity contribution >= 4 is 24.1 Å². The zero-order valence-electron chi connectivity index (χ0n) is 16.7. The fourth-order valence-electron chi connectivity index (χ4n) is 2.94. The van der Waals surface area contributed by atoms with Gasteiger partial charge in [-0.1, -0.05) is 61.0 Å². The molecule has 1 aromatic carbocycles. The zero-order chi connectivity index (χ0) is 20.5. The SMILES string of the molecule is C=C(OC(C)(P)P)/C(=C\C)c1ccc(-c2nc(-c3ccc(C)cc3)c(C)[nH]2)o1. The fraction of sp³-hybridized carbons (Fsp3) is 0.227. The van der Waals surface area contributed by atoms with E-state index in [2.05, 4.69) is 61.2 Å². The molecule has 0 amide bonds. The van der Waals surface area contributed by atoms with Crippen molar-refractivity contribution in [1.29, 1.82) is 0 Å². The Kier molecular flexibility index (Phi) is 5.93. The molecule has 0 bridgehead atoms. The maximum absolute atomic E-state index is 6.07. The highest BCUT2D eigenvalue weighted by molar-refractivity contribution is 7.39. The van der Waals surface area contributed by atoms with Gasteiger partial charge < -0.3 is 14.1 Å². The number of H-pyrrole nitrogens is 1. The first kappa shape index (κ1) is 20.6. The molecule has 4 nitrogen and oxygen atoms in total. The molecule has 0 spiro atoms. The lowest BCUT2D eigenvalue weighted by Crippen LogP contribution is -2.10. The van der Waals surface area contributed by atoms with Crippen LogP contribution >= 0.6 is 18.5 Å². The third kappa shape index (κ3) is 4.63. The summed E-state index contributed by atoms with van der Waals surface area (Å²) >= 11 is 0. The largest absolute Gasteiger partial charge is 0.480 e. The summed E-state index contributed by atoms with van der Waals surface area (Å²) in [4.78, 5) is 8.08. The maximum Gasteiger partial charge on any atom is 0.174 e. The molecule has 0 aliphatic rings. The topological polar surface area (TPSA) is 51.0 Å². The monoisotopic (exact) mass is 412 g/mol. The van der Waals surface area contributed by atoms with Gasteiger partial charge in [-0.2, -0.15) is 0 Å². The lowest BCUT2D eigenvalue weighted by Gasteiger charge is -2.23. The number of ether oxygens (including phenoxy) is 1. The average molecular weight is 412 g/mol. The van der Waals surface area contributed by atoms with E-state index in [1.165, 1.54) is 5.56 Å². The van der Waals surface area contributed by atoms with E-state index in [-0.39, 0.29) is 0 Å². The molecule has 3 rings (SSSR count). The van der Waals surface area contributed by atoms with Crippen LogP contribution < -0.4 is 0 Å². The van der Waals surface area contributed by atoms with Crippen molar-refractivity contribution < 1.29 is 9.15 Å². The van der Waals surface area contributed by atoms with Gasteiger partial charge in [-0.15, -0.1) is 0 Å². The number of rotatable bonds is 6. The van der Waals surface area contributed by atoms with Crippen molar-refractivity contribution in [3.05, 3.63) is 71.8 Å². The van der Waals surface area contributed by atoms with Crippen molar-refractivity contribution in [1.82, 2.24) is 9.97 Å². The van der Waals surface area contributed by atoms with Gasteiger partial charge in [0.25, 0.3) is 0 Å². The van der Waals surface area contributed by atoms with Crippen LogP contribution in [0.3, 0.4) is 0 Å². The molecular formula is C22H26N2O2P2. The Balaban J connectivity index is 1.89. The molecule has 2 heterocycles. The molecule has 28 heavy (non-hydrogen) atoms. The number of nitrogens with one attached hydrogen (secondary N) is 1. The fourth-order valence-corrected chi connectivity index (χ4v) is 3.23.